The molecule has 0 bridgehead atoms. The minimum atomic E-state index is -1.00. The smallest absolute Gasteiger partial charge is 0.410 e. The van der Waals surface area contributed by atoms with E-state index >= 15 is 0 Å². The highest BCUT2D eigenvalue weighted by Crippen LogP contribution is 2.37. The quantitative estimate of drug-likeness (QED) is 0.0127. The fourth-order valence-electron chi connectivity index (χ4n) is 13.2. The number of nitrogens with zero attached hydrogens (tertiary/aromatic N) is 7. The van der Waals surface area contributed by atoms with Crippen molar-refractivity contribution in [2.24, 2.45) is 10.8 Å². The van der Waals surface area contributed by atoms with Gasteiger partial charge >= 0.3 is 30.1 Å². The molecule has 0 aromatic heterocycles. The first-order chi connectivity index (χ1) is 61.7. The lowest BCUT2D eigenvalue weighted by atomic mass is 9.79. The van der Waals surface area contributed by atoms with Gasteiger partial charge in [-0.3, -0.25) is 78.0 Å². The van der Waals surface area contributed by atoms with Crippen molar-refractivity contribution < 1.29 is 159 Å². The van der Waals surface area contributed by atoms with Gasteiger partial charge in [0.25, 0.3) is 23.6 Å². The van der Waals surface area contributed by atoms with Crippen LogP contribution in [0.1, 0.15) is 252 Å². The molecule has 41 nitrogen and oxygen atoms in total. The molecule has 4 aliphatic rings. The van der Waals surface area contributed by atoms with E-state index in [-0.39, 0.29) is 145 Å². The third kappa shape index (κ3) is 53.1. The SMILES string of the molecule is CC(=O)N(O)CCCCCCC(=O)CCC(=O)N(O)CCCCCNC(=O)CCC(=O)N(O)CCCCCCCC(=O)CCOCCOCCOCCOCCCC(=O)CN(C)C(=O)O[C@@H]1/C=C/CC[C@](C)(C(=O)ON2C(=O)CCC2=O)CC1.CN(CC(=O)CCCOCCOCCOCCOCCC(=O)O)C(=O)O[C@@H]1/C=C/CC[C@](C)(C(=O)ON2C(=O)CCC2=O)CC1. The monoisotopic (exact) mass is 1840 g/mol. The van der Waals surface area contributed by atoms with E-state index in [2.05, 4.69) is 5.32 Å². The van der Waals surface area contributed by atoms with Gasteiger partial charge in [-0.25, -0.2) is 34.4 Å². The van der Waals surface area contributed by atoms with Crippen LogP contribution in [-0.2, 0) is 129 Å². The molecule has 0 spiro atoms. The second-order valence-electron chi connectivity index (χ2n) is 32.5. The third-order valence-corrected chi connectivity index (χ3v) is 21.3. The predicted molar refractivity (Wildman–Crippen MR) is 456 cm³/mol. The number of amides is 10. The van der Waals surface area contributed by atoms with Crippen LogP contribution < -0.4 is 5.32 Å². The molecular formula is C88H142N8O33. The average Bonchev–Trinajstić information content (AvgIpc) is 1.78. The Morgan fingerprint density at radius 1 is 0.388 bits per heavy atom. The van der Waals surface area contributed by atoms with Crippen molar-refractivity contribution in [1.29, 1.82) is 0 Å². The Labute approximate surface area is 755 Å². The van der Waals surface area contributed by atoms with Crippen LogP contribution in [-0.4, -0.2) is 328 Å². The van der Waals surface area contributed by atoms with Crippen molar-refractivity contribution in [1.82, 2.24) is 40.4 Å². The summed E-state index contributed by atoms with van der Waals surface area (Å²) in [6.45, 7) is 10.6. The van der Waals surface area contributed by atoms with Crippen LogP contribution in [0.15, 0.2) is 24.3 Å². The lowest BCUT2D eigenvalue weighted by Gasteiger charge is -2.31. The van der Waals surface area contributed by atoms with Crippen LogP contribution >= 0.6 is 0 Å². The molecule has 2 aliphatic heterocycles. The molecule has 2 saturated heterocycles. The molecule has 2 heterocycles. The number of carboxylic acids is 1. The van der Waals surface area contributed by atoms with E-state index in [9.17, 15) is 97.1 Å². The number of aliphatic carboxylic acids is 1. The summed E-state index contributed by atoms with van der Waals surface area (Å²) in [4.78, 5) is 219. The van der Waals surface area contributed by atoms with E-state index in [1.807, 2.05) is 6.08 Å². The number of unbranched alkanes of at least 4 members (excludes halogenated alkanes) is 9. The second-order valence-corrected chi connectivity index (χ2v) is 32.5. The Balaban J connectivity index is 0.000000798. The highest BCUT2D eigenvalue weighted by atomic mass is 16.7. The van der Waals surface area contributed by atoms with Gasteiger partial charge in [-0.2, -0.15) is 0 Å². The number of rotatable bonds is 69. The number of carbonyl (C=O) groups is 17. The second kappa shape index (κ2) is 67.9. The maximum absolute atomic E-state index is 13.0. The van der Waals surface area contributed by atoms with E-state index in [0.29, 0.717) is 247 Å². The lowest BCUT2D eigenvalue weighted by molar-refractivity contribution is -0.205. The molecule has 41 heteroatoms. The van der Waals surface area contributed by atoms with Crippen LogP contribution in [0.3, 0.4) is 0 Å². The minimum absolute atomic E-state index is 0.00110. The maximum Gasteiger partial charge on any atom is 0.410 e. The Bertz CT molecular complexity index is 3500. The number of likely N-dealkylation sites (N-methyl/N-ethyl adjacent to an activating group) is 2. The molecule has 5 N–H and O–H groups in total. The molecule has 0 aromatic rings. The third-order valence-electron chi connectivity index (χ3n) is 21.3. The largest absolute Gasteiger partial charge is 0.481 e. The number of hydrogen-bond acceptors (Lipinski definition) is 32. The van der Waals surface area contributed by atoms with Crippen molar-refractivity contribution in [2.75, 3.05) is 159 Å². The van der Waals surface area contributed by atoms with E-state index < -0.39 is 94.5 Å². The van der Waals surface area contributed by atoms with Gasteiger partial charge < -0.3 is 77.3 Å². The zero-order valence-corrected chi connectivity index (χ0v) is 76.2. The first-order valence-corrected chi connectivity index (χ1v) is 45.2. The van der Waals surface area contributed by atoms with Crippen molar-refractivity contribution in [3.05, 3.63) is 24.3 Å². The number of carboxylic acid groups (broad SMARTS) is 1. The molecule has 2 fully saturated rings. The van der Waals surface area contributed by atoms with E-state index in [4.69, 9.17) is 62.2 Å². The summed E-state index contributed by atoms with van der Waals surface area (Å²) < 4.78 is 54.5. The number of hydrogen-bond donors (Lipinski definition) is 5. The number of allylic oxidation sites excluding steroid dienone is 2. The molecule has 0 saturated carbocycles. The average molecular weight is 1840 g/mol. The number of ether oxygens (including phenoxy) is 10. The first-order valence-electron chi connectivity index (χ1n) is 45.2. The standard InChI is InChI=1S/C58H96N6O20.C30H46N2O13/c1-46(65)61(76)34-15-8-6-11-19-47(66)23-25-52(70)62(77)36-17-9-14-33-59-51(69)24-26-53(71)63(78)35-16-7-4-5-10-20-48(67)30-38-80-40-42-82-44-43-81-41-39-79-37-18-21-49(68)45-60(3)57(75)83-50-22-12-13-31-58(2,32-29-50)56(74)84-64-54(72)27-28-55(64)73;1-30(28(38)45-32-25(34)8-9-26(32)35)12-4-3-7-24(10-13-30)44-29(39)31(2)22-23(33)6-5-14-40-16-18-42-20-21-43-19-17-41-15-11-27(36)37/h12,22,50,76-78H,4-11,13-21,23-45H2,1-3H3,(H,59,69);3,7,24H,4-6,8-22H2,1-2H3,(H,36,37)/b22-12+;7-3+/t50-,58+;24-,30+/m11/s1. The fourth-order valence-corrected chi connectivity index (χ4v) is 13.2. The molecule has 4 rings (SSSR count). The predicted octanol–water partition coefficient (Wildman–Crippen LogP) is 7.98. The molecular weight excluding hydrogens is 1700 g/mol. The summed E-state index contributed by atoms with van der Waals surface area (Å²) in [5.41, 5.74) is -1.99. The van der Waals surface area contributed by atoms with Gasteiger partial charge in [-0.05, 0) is 135 Å². The fraction of sp³-hybridized carbons (Fsp3) is 0.761. The van der Waals surface area contributed by atoms with Crippen LogP contribution in [0.25, 0.3) is 0 Å². The molecule has 4 atom stereocenters. The first kappa shape index (κ1) is 114. The molecule has 0 aromatic carbocycles. The van der Waals surface area contributed by atoms with Crippen molar-refractivity contribution in [3.8, 4) is 0 Å². The van der Waals surface area contributed by atoms with Crippen molar-refractivity contribution in [3.63, 3.8) is 0 Å². The molecule has 732 valence electrons. The highest BCUT2D eigenvalue weighted by Gasteiger charge is 2.43. The number of imide groups is 2. The van der Waals surface area contributed by atoms with E-state index in [0.717, 1.165) is 38.5 Å². The summed E-state index contributed by atoms with van der Waals surface area (Å²) in [6.07, 6.45) is 18.0. The van der Waals surface area contributed by atoms with Gasteiger partial charge in [0, 0.05) is 144 Å². The van der Waals surface area contributed by atoms with Gasteiger partial charge in [0.05, 0.1) is 123 Å². The van der Waals surface area contributed by atoms with Gasteiger partial charge in [0.2, 0.25) is 23.6 Å². The van der Waals surface area contributed by atoms with Crippen molar-refractivity contribution >= 4 is 100 Å². The van der Waals surface area contributed by atoms with Crippen LogP contribution in [0, 0.1) is 10.8 Å². The molecule has 129 heavy (non-hydrogen) atoms. The Morgan fingerprint density at radius 3 is 1.12 bits per heavy atom. The normalized spacial score (nSPS) is 17.9. The Kier molecular flexibility index (Phi) is 60.0. The summed E-state index contributed by atoms with van der Waals surface area (Å²) in [6, 6.07) is 0. The van der Waals surface area contributed by atoms with Crippen LogP contribution in [0.4, 0.5) is 9.59 Å². The number of nitrogens with one attached hydrogen (secondary N) is 1. The highest BCUT2D eigenvalue weighted by molar-refractivity contribution is 6.02. The maximum atomic E-state index is 13.0. The summed E-state index contributed by atoms with van der Waals surface area (Å²) in [7, 11) is 2.94. The van der Waals surface area contributed by atoms with Crippen LogP contribution in [0.5, 0.6) is 0 Å². The molecule has 10 amide bonds. The molecule has 0 radical (unpaired) electrons. The van der Waals surface area contributed by atoms with E-state index in [1.54, 1.807) is 32.1 Å². The minimum Gasteiger partial charge on any atom is -0.481 e. The zero-order valence-electron chi connectivity index (χ0n) is 76.2. The topological polar surface area (TPSA) is 517 Å². The summed E-state index contributed by atoms with van der Waals surface area (Å²) in [5, 5.41) is 43.7. The number of hydroxylamine groups is 10. The Hall–Kier alpha value is -9.17. The number of carbonyl (C=O) groups excluding carboxylic acids is 16. The summed E-state index contributed by atoms with van der Waals surface area (Å²) >= 11 is 0. The molecule has 0 unspecified atom stereocenters. The molecule has 2 aliphatic carbocycles. The van der Waals surface area contributed by atoms with Gasteiger partial charge in [-0.15, -0.1) is 10.1 Å². The van der Waals surface area contributed by atoms with Gasteiger partial charge in [-0.1, -0.05) is 44.3 Å². The van der Waals surface area contributed by atoms with E-state index in [1.165, 1.54) is 30.8 Å². The number of ketones is 4. The van der Waals surface area contributed by atoms with Crippen molar-refractivity contribution in [2.45, 2.75) is 264 Å². The summed E-state index contributed by atoms with van der Waals surface area (Å²) in [5.74, 6) is -6.55. The van der Waals surface area contributed by atoms with Crippen LogP contribution in [0.2, 0.25) is 0 Å². The Morgan fingerprint density at radius 2 is 0.721 bits per heavy atom. The van der Waals surface area contributed by atoms with Gasteiger partial charge in [0.15, 0.2) is 11.6 Å². The van der Waals surface area contributed by atoms with Gasteiger partial charge in [0.1, 0.15) is 23.8 Å². The number of Topliss-reactive ketones (excluding diaryl/α,β-unsaturated/α-hetero) is 4. The zero-order chi connectivity index (χ0) is 95.0. The lowest BCUT2D eigenvalue weighted by Crippen LogP contribution is -2.40.